The number of nitrogens with one attached hydrogen (secondary N) is 1. The highest BCUT2D eigenvalue weighted by Crippen LogP contribution is 2.43. The van der Waals surface area contributed by atoms with Crippen molar-refractivity contribution in [1.82, 2.24) is 0 Å². The van der Waals surface area contributed by atoms with E-state index in [4.69, 9.17) is 22.1 Å². The molecular weight excluding hydrogens is 548 g/mol. The number of benzene rings is 3. The number of primary amides is 1. The molecule has 0 saturated carbocycles. The number of para-hydroxylation sites is 1. The summed E-state index contributed by atoms with van der Waals surface area (Å²) in [7, 11) is 0. The van der Waals surface area contributed by atoms with Crippen LogP contribution in [0.4, 0.5) is 5.69 Å². The first-order chi connectivity index (χ1) is 19.8. The van der Waals surface area contributed by atoms with E-state index in [1.807, 2.05) is 42.5 Å². The van der Waals surface area contributed by atoms with Crippen LogP contribution in [0.5, 0.6) is 5.75 Å². The fraction of sp³-hybridized carbons (Fsp3) is 0.400. The molecule has 2 amide bonds. The lowest BCUT2D eigenvalue weighted by Gasteiger charge is -2.33. The van der Waals surface area contributed by atoms with Crippen LogP contribution in [0.25, 0.3) is 0 Å². The van der Waals surface area contributed by atoms with Gasteiger partial charge in [0.05, 0.1) is 6.61 Å². The summed E-state index contributed by atoms with van der Waals surface area (Å²) in [5.74, 6) is -1.82. The van der Waals surface area contributed by atoms with Gasteiger partial charge in [-0.2, -0.15) is 0 Å². The Kier molecular flexibility index (Phi) is 11.0. The first kappa shape index (κ1) is 32.9. The lowest BCUT2D eigenvalue weighted by atomic mass is 9.74. The highest BCUT2D eigenvalue weighted by molar-refractivity contribution is 6.32. The molecule has 2 atom stereocenters. The second-order valence-electron chi connectivity index (χ2n) is 12.0. The molecule has 3 N–H and O–H groups in total. The minimum Gasteiger partial charge on any atom is -0.493 e. The van der Waals surface area contributed by atoms with E-state index in [-0.39, 0.29) is 35.5 Å². The van der Waals surface area contributed by atoms with Crippen molar-refractivity contribution in [2.45, 2.75) is 77.0 Å². The van der Waals surface area contributed by atoms with Gasteiger partial charge in [-0.15, -0.1) is 11.6 Å². The molecule has 224 valence electrons. The van der Waals surface area contributed by atoms with Crippen LogP contribution in [0.3, 0.4) is 0 Å². The predicted molar refractivity (Wildman–Crippen MR) is 170 cm³/mol. The Labute approximate surface area is 255 Å². The van der Waals surface area contributed by atoms with Crippen LogP contribution in [0.1, 0.15) is 93.2 Å². The minimum atomic E-state index is -1.02. The lowest BCUT2D eigenvalue weighted by molar-refractivity contribution is -0.120. The van der Waals surface area contributed by atoms with E-state index in [1.165, 1.54) is 0 Å². The van der Waals surface area contributed by atoms with Crippen LogP contribution >= 0.6 is 11.6 Å². The molecule has 3 aromatic rings. The van der Waals surface area contributed by atoms with Gasteiger partial charge in [0.1, 0.15) is 17.0 Å². The number of nitrogens with two attached hydrogens (primary N) is 1. The number of carbonyl (C=O) groups is 3. The Morgan fingerprint density at radius 3 is 1.95 bits per heavy atom. The van der Waals surface area contributed by atoms with Crippen LogP contribution in [0, 0.1) is 5.92 Å². The number of ketones is 1. The summed E-state index contributed by atoms with van der Waals surface area (Å²) in [6, 6.07) is 21.8. The van der Waals surface area contributed by atoms with E-state index < -0.39 is 17.2 Å². The van der Waals surface area contributed by atoms with Crippen LogP contribution < -0.4 is 15.8 Å². The number of carbonyl (C=O) groups excluding carboxylic acids is 3. The summed E-state index contributed by atoms with van der Waals surface area (Å²) in [6.07, 6.45) is 1.79. The average Bonchev–Trinajstić information content (AvgIpc) is 2.98. The maximum absolute atomic E-state index is 13.3. The molecule has 3 aromatic carbocycles. The van der Waals surface area contributed by atoms with Gasteiger partial charge in [-0.3, -0.25) is 14.4 Å². The van der Waals surface area contributed by atoms with Crippen molar-refractivity contribution < 1.29 is 19.1 Å². The molecule has 2 unspecified atom stereocenters. The molecule has 0 bridgehead atoms. The van der Waals surface area contributed by atoms with Gasteiger partial charge in [-0.05, 0) is 53.0 Å². The Morgan fingerprint density at radius 2 is 1.40 bits per heavy atom. The second kappa shape index (κ2) is 14.0. The summed E-state index contributed by atoms with van der Waals surface area (Å²) in [5, 5.41) is 1.93. The zero-order chi connectivity index (χ0) is 31.1. The van der Waals surface area contributed by atoms with E-state index in [2.05, 4.69) is 52.9 Å². The fourth-order valence-electron chi connectivity index (χ4n) is 4.78. The number of rotatable bonds is 14. The van der Waals surface area contributed by atoms with Crippen molar-refractivity contribution >= 4 is 34.9 Å². The molecule has 0 aromatic heterocycles. The number of ether oxygens (including phenoxy) is 1. The molecule has 0 heterocycles. The zero-order valence-corrected chi connectivity index (χ0v) is 26.3. The van der Waals surface area contributed by atoms with Gasteiger partial charge >= 0.3 is 0 Å². The molecular formula is C35H43ClN2O4. The predicted octanol–water partition coefficient (Wildman–Crippen LogP) is 7.73. The second-order valence-corrected chi connectivity index (χ2v) is 12.4. The summed E-state index contributed by atoms with van der Waals surface area (Å²) in [5.41, 5.74) is 8.81. The maximum Gasteiger partial charge on any atom is 0.246 e. The third kappa shape index (κ3) is 7.80. The highest BCUT2D eigenvalue weighted by Gasteiger charge is 2.33. The fourth-order valence-corrected chi connectivity index (χ4v) is 5.02. The van der Waals surface area contributed by atoms with Crippen molar-refractivity contribution in [3.63, 3.8) is 0 Å². The van der Waals surface area contributed by atoms with E-state index in [0.29, 0.717) is 22.6 Å². The number of amides is 2. The number of hydrogen-bond acceptors (Lipinski definition) is 4. The quantitative estimate of drug-likeness (QED) is 0.114. The summed E-state index contributed by atoms with van der Waals surface area (Å²) >= 11 is 6.91. The third-order valence-electron chi connectivity index (χ3n) is 8.30. The van der Waals surface area contributed by atoms with Crippen molar-refractivity contribution in [1.29, 1.82) is 0 Å². The number of halogens is 1. The first-order valence-corrected chi connectivity index (χ1v) is 15.0. The molecule has 42 heavy (non-hydrogen) atoms. The van der Waals surface area contributed by atoms with Gasteiger partial charge in [0.15, 0.2) is 5.78 Å². The summed E-state index contributed by atoms with van der Waals surface area (Å²) in [4.78, 5) is 38.7. The van der Waals surface area contributed by atoms with Crippen molar-refractivity contribution in [2.24, 2.45) is 11.7 Å². The standard InChI is InChI=1S/C35H43ClN2O4/c1-7-34(3,4)27-22-28(35(5,6)8-2)29(21-26(27)30(36)33(41)38-24-17-13-10-14-18-24)42-20-19-25(32(37)40)31(39)23-15-11-9-12-16-23/h9-18,21-22,25,30H,7-8,19-20H2,1-6H3,(H2,37,40)(H,38,41). The molecule has 0 fully saturated rings. The van der Waals surface area contributed by atoms with Crippen LogP contribution in [-0.4, -0.2) is 24.2 Å². The SMILES string of the molecule is CCC(C)(C)c1cc(C(C)(C)CC)c(C(Cl)C(=O)Nc2ccccc2)cc1OCCC(C(N)=O)C(=O)c1ccccc1. The molecule has 7 heteroatoms. The number of alkyl halides is 1. The summed E-state index contributed by atoms with van der Waals surface area (Å²) < 4.78 is 6.33. The maximum atomic E-state index is 13.3. The van der Waals surface area contributed by atoms with Gasteiger partial charge in [0, 0.05) is 23.2 Å². The summed E-state index contributed by atoms with van der Waals surface area (Å²) in [6.45, 7) is 12.9. The molecule has 0 saturated heterocycles. The van der Waals surface area contributed by atoms with E-state index in [1.54, 1.807) is 24.3 Å². The molecule has 6 nitrogen and oxygen atoms in total. The highest BCUT2D eigenvalue weighted by atomic mass is 35.5. The van der Waals surface area contributed by atoms with Gasteiger partial charge in [-0.1, -0.05) is 96.1 Å². The molecule has 0 aliphatic heterocycles. The van der Waals surface area contributed by atoms with Crippen LogP contribution in [0.2, 0.25) is 0 Å². The molecule has 0 aliphatic rings. The Balaban J connectivity index is 2.01. The lowest BCUT2D eigenvalue weighted by Crippen LogP contribution is -2.32. The van der Waals surface area contributed by atoms with Gasteiger partial charge in [0.2, 0.25) is 11.8 Å². The minimum absolute atomic E-state index is 0.0814. The smallest absolute Gasteiger partial charge is 0.246 e. The van der Waals surface area contributed by atoms with Crippen molar-refractivity contribution in [3.8, 4) is 5.75 Å². The molecule has 3 rings (SSSR count). The van der Waals surface area contributed by atoms with E-state index in [0.717, 1.165) is 24.0 Å². The molecule has 0 spiro atoms. The topological polar surface area (TPSA) is 98.5 Å². The first-order valence-electron chi connectivity index (χ1n) is 14.5. The number of anilines is 1. The van der Waals surface area contributed by atoms with Crippen LogP contribution in [0.15, 0.2) is 72.8 Å². The number of hydrogen-bond donors (Lipinski definition) is 2. The van der Waals surface area contributed by atoms with Gasteiger partial charge in [0.25, 0.3) is 0 Å². The normalized spacial score (nSPS) is 13.2. The Morgan fingerprint density at radius 1 is 0.857 bits per heavy atom. The zero-order valence-electron chi connectivity index (χ0n) is 25.5. The average molecular weight is 591 g/mol. The van der Waals surface area contributed by atoms with Crippen molar-refractivity contribution in [3.05, 3.63) is 95.1 Å². The van der Waals surface area contributed by atoms with Gasteiger partial charge < -0.3 is 15.8 Å². The molecule has 0 radical (unpaired) electrons. The van der Waals surface area contributed by atoms with E-state index >= 15 is 0 Å². The van der Waals surface area contributed by atoms with Gasteiger partial charge in [-0.25, -0.2) is 0 Å². The Hall–Kier alpha value is -3.64. The largest absolute Gasteiger partial charge is 0.493 e. The molecule has 0 aliphatic carbocycles. The van der Waals surface area contributed by atoms with Crippen molar-refractivity contribution in [2.75, 3.05) is 11.9 Å². The number of Topliss-reactive ketones (excluding diaryl/α,β-unsaturated/α-hetero) is 1. The monoisotopic (exact) mass is 590 g/mol. The Bertz CT molecular complexity index is 1390. The third-order valence-corrected chi connectivity index (χ3v) is 8.74. The van der Waals surface area contributed by atoms with E-state index in [9.17, 15) is 14.4 Å². The van der Waals surface area contributed by atoms with Crippen LogP contribution in [-0.2, 0) is 20.4 Å².